The number of aromatic nitrogens is 3. The maximum absolute atomic E-state index is 13.0. The van der Waals surface area contributed by atoms with Crippen molar-refractivity contribution in [3.05, 3.63) is 47.1 Å². The van der Waals surface area contributed by atoms with Gasteiger partial charge in [0.25, 0.3) is 5.91 Å². The molecule has 0 aromatic carbocycles. The largest absolute Gasteiger partial charge is 0.383 e. The Morgan fingerprint density at radius 1 is 1.23 bits per heavy atom. The molecule has 0 aliphatic carbocycles. The molecule has 3 aromatic rings. The molecule has 0 atom stereocenters. The molecular formula is C22H27N5O2S. The lowest BCUT2D eigenvalue weighted by Crippen LogP contribution is -2.41. The van der Waals surface area contributed by atoms with E-state index >= 15 is 0 Å². The van der Waals surface area contributed by atoms with Gasteiger partial charge in [0.05, 0.1) is 23.9 Å². The fourth-order valence-electron chi connectivity index (χ4n) is 3.84. The minimum Gasteiger partial charge on any atom is -0.383 e. The van der Waals surface area contributed by atoms with Gasteiger partial charge in [0.15, 0.2) is 0 Å². The zero-order valence-corrected chi connectivity index (χ0v) is 18.8. The molecule has 30 heavy (non-hydrogen) atoms. The third-order valence-corrected chi connectivity index (χ3v) is 6.91. The molecule has 3 aromatic heterocycles. The number of hydrogen-bond donors (Lipinski definition) is 1. The molecule has 0 unspecified atom stereocenters. The van der Waals surface area contributed by atoms with E-state index in [2.05, 4.69) is 43.1 Å². The molecule has 4 heterocycles. The molecule has 1 aliphatic heterocycles. The normalized spacial score (nSPS) is 15.1. The number of fused-ring (bicyclic) bond motifs is 1. The van der Waals surface area contributed by atoms with Crippen LogP contribution in [0.25, 0.3) is 10.4 Å². The number of rotatable bonds is 7. The van der Waals surface area contributed by atoms with Crippen molar-refractivity contribution in [2.24, 2.45) is 0 Å². The quantitative estimate of drug-likeness (QED) is 0.596. The Bertz CT molecular complexity index is 1070. The average molecular weight is 426 g/mol. The number of methoxy groups -OCH3 is 1. The molecule has 1 aliphatic rings. The summed E-state index contributed by atoms with van der Waals surface area (Å²) < 4.78 is 7.10. The molecule has 0 spiro atoms. The Kier molecular flexibility index (Phi) is 5.38. The molecule has 158 valence electrons. The fourth-order valence-corrected chi connectivity index (χ4v) is 5.10. The van der Waals surface area contributed by atoms with Gasteiger partial charge in [-0.05, 0) is 51.5 Å². The molecule has 1 N–H and O–H groups in total. The Labute approximate surface area is 180 Å². The van der Waals surface area contributed by atoms with Crippen LogP contribution in [0.15, 0.2) is 36.7 Å². The van der Waals surface area contributed by atoms with Gasteiger partial charge in [-0.2, -0.15) is 5.10 Å². The summed E-state index contributed by atoms with van der Waals surface area (Å²) in [5.41, 5.74) is 1.49. The second-order valence-corrected chi connectivity index (χ2v) is 9.22. The van der Waals surface area contributed by atoms with Crippen LogP contribution in [-0.4, -0.2) is 45.8 Å². The molecule has 0 bridgehead atoms. The molecule has 0 saturated carbocycles. The van der Waals surface area contributed by atoms with Crippen molar-refractivity contribution in [1.82, 2.24) is 19.7 Å². The Balaban J connectivity index is 1.62. The van der Waals surface area contributed by atoms with Crippen molar-refractivity contribution < 1.29 is 9.53 Å². The summed E-state index contributed by atoms with van der Waals surface area (Å²) in [6.45, 7) is 9.49. The van der Waals surface area contributed by atoms with Gasteiger partial charge in [0.1, 0.15) is 11.6 Å². The highest BCUT2D eigenvalue weighted by Crippen LogP contribution is 2.46. The summed E-state index contributed by atoms with van der Waals surface area (Å²) in [7, 11) is 1.66. The fraction of sp³-hybridized carbons (Fsp3) is 0.409. The van der Waals surface area contributed by atoms with E-state index in [1.807, 2.05) is 33.8 Å². The summed E-state index contributed by atoms with van der Waals surface area (Å²) in [6, 6.07) is 8.18. The molecule has 0 saturated heterocycles. The average Bonchev–Trinajstić information content (AvgIpc) is 3.39. The van der Waals surface area contributed by atoms with Crippen LogP contribution in [0.4, 0.5) is 11.6 Å². The zero-order valence-electron chi connectivity index (χ0n) is 18.0. The minimum absolute atomic E-state index is 0.0720. The Hall–Kier alpha value is -2.71. The first kappa shape index (κ1) is 20.6. The first-order valence-electron chi connectivity index (χ1n) is 10.0. The maximum Gasteiger partial charge on any atom is 0.255 e. The molecule has 0 fully saturated rings. The zero-order chi connectivity index (χ0) is 21.5. The number of amides is 1. The molecular weight excluding hydrogens is 398 g/mol. The van der Waals surface area contributed by atoms with Gasteiger partial charge in [-0.15, -0.1) is 11.3 Å². The van der Waals surface area contributed by atoms with Crippen molar-refractivity contribution in [2.45, 2.75) is 39.3 Å². The van der Waals surface area contributed by atoms with E-state index in [0.717, 1.165) is 32.5 Å². The third kappa shape index (κ3) is 3.50. The SMILES string of the molecule is COCCN1C(=O)c2cc(-c3ccnc(Nc4ccnn4C(C)C)c3)sc2C1(C)C. The van der Waals surface area contributed by atoms with Gasteiger partial charge in [-0.3, -0.25) is 4.79 Å². The number of thiophene rings is 1. The number of carbonyl (C=O) groups is 1. The predicted octanol–water partition coefficient (Wildman–Crippen LogP) is 4.67. The van der Waals surface area contributed by atoms with Crippen molar-refractivity contribution >= 4 is 28.9 Å². The number of ether oxygens (including phenoxy) is 1. The van der Waals surface area contributed by atoms with Crippen molar-refractivity contribution in [3.8, 4) is 10.4 Å². The van der Waals surface area contributed by atoms with Gasteiger partial charge in [0, 0.05) is 41.7 Å². The molecule has 8 heteroatoms. The monoisotopic (exact) mass is 425 g/mol. The van der Waals surface area contributed by atoms with Gasteiger partial charge in [-0.1, -0.05) is 0 Å². The topological polar surface area (TPSA) is 72.3 Å². The van der Waals surface area contributed by atoms with E-state index in [4.69, 9.17) is 4.74 Å². The van der Waals surface area contributed by atoms with Crippen molar-refractivity contribution in [2.75, 3.05) is 25.6 Å². The highest BCUT2D eigenvalue weighted by Gasteiger charge is 2.44. The summed E-state index contributed by atoms with van der Waals surface area (Å²) >= 11 is 1.67. The van der Waals surface area contributed by atoms with E-state index in [0.29, 0.717) is 13.2 Å². The predicted molar refractivity (Wildman–Crippen MR) is 119 cm³/mol. The molecule has 0 radical (unpaired) electrons. The van der Waals surface area contributed by atoms with E-state index in [1.54, 1.807) is 30.8 Å². The number of pyridine rings is 1. The second-order valence-electron chi connectivity index (χ2n) is 8.17. The lowest BCUT2D eigenvalue weighted by atomic mass is 10.0. The third-order valence-electron chi connectivity index (χ3n) is 5.42. The number of nitrogens with one attached hydrogen (secondary N) is 1. The Morgan fingerprint density at radius 3 is 2.73 bits per heavy atom. The van der Waals surface area contributed by atoms with Crippen LogP contribution in [0.5, 0.6) is 0 Å². The molecule has 4 rings (SSSR count). The van der Waals surface area contributed by atoms with Crippen LogP contribution in [0.3, 0.4) is 0 Å². The smallest absolute Gasteiger partial charge is 0.255 e. The van der Waals surface area contributed by atoms with Crippen molar-refractivity contribution in [1.29, 1.82) is 0 Å². The van der Waals surface area contributed by atoms with E-state index in [-0.39, 0.29) is 17.5 Å². The van der Waals surface area contributed by atoms with Crippen LogP contribution in [0.1, 0.15) is 49.0 Å². The lowest BCUT2D eigenvalue weighted by Gasteiger charge is -2.32. The summed E-state index contributed by atoms with van der Waals surface area (Å²) in [5, 5.41) is 7.71. The summed E-state index contributed by atoms with van der Waals surface area (Å²) in [6.07, 6.45) is 3.56. The second kappa shape index (κ2) is 7.85. The van der Waals surface area contributed by atoms with Gasteiger partial charge in [-0.25, -0.2) is 9.67 Å². The first-order chi connectivity index (χ1) is 14.3. The Morgan fingerprint density at radius 2 is 2.03 bits per heavy atom. The van der Waals surface area contributed by atoms with Crippen LogP contribution in [0, 0.1) is 0 Å². The van der Waals surface area contributed by atoms with E-state index in [9.17, 15) is 4.79 Å². The molecule has 7 nitrogen and oxygen atoms in total. The maximum atomic E-state index is 13.0. The van der Waals surface area contributed by atoms with Gasteiger partial charge < -0.3 is 15.0 Å². The minimum atomic E-state index is -0.342. The number of nitrogens with zero attached hydrogens (tertiary/aromatic N) is 4. The van der Waals surface area contributed by atoms with Crippen LogP contribution in [-0.2, 0) is 10.3 Å². The number of hydrogen-bond acceptors (Lipinski definition) is 6. The number of carbonyl (C=O) groups excluding carboxylic acids is 1. The van der Waals surface area contributed by atoms with Gasteiger partial charge >= 0.3 is 0 Å². The highest BCUT2D eigenvalue weighted by molar-refractivity contribution is 7.16. The first-order valence-corrected chi connectivity index (χ1v) is 10.9. The van der Waals surface area contributed by atoms with Crippen LogP contribution < -0.4 is 5.32 Å². The lowest BCUT2D eigenvalue weighted by molar-refractivity contribution is 0.0526. The summed E-state index contributed by atoms with van der Waals surface area (Å²) in [5.74, 6) is 1.71. The van der Waals surface area contributed by atoms with Crippen molar-refractivity contribution in [3.63, 3.8) is 0 Å². The van der Waals surface area contributed by atoms with E-state index in [1.165, 1.54) is 0 Å². The van der Waals surface area contributed by atoms with E-state index < -0.39 is 0 Å². The summed E-state index contributed by atoms with van der Waals surface area (Å²) in [4.78, 5) is 21.5. The number of anilines is 2. The highest BCUT2D eigenvalue weighted by atomic mass is 32.1. The van der Waals surface area contributed by atoms with Crippen LogP contribution >= 0.6 is 11.3 Å². The van der Waals surface area contributed by atoms with Gasteiger partial charge in [0.2, 0.25) is 0 Å². The van der Waals surface area contributed by atoms with Crippen LogP contribution in [0.2, 0.25) is 0 Å². The standard InChI is InChI=1S/C22H27N5O2S/c1-14(2)27-19(7-9-24-27)25-18-12-15(6-8-23-18)17-13-16-20(30-17)22(3,4)26(21(16)28)10-11-29-5/h6-9,12-14H,10-11H2,1-5H3,(H,23,25). The molecule has 1 amide bonds.